The van der Waals surface area contributed by atoms with Crippen molar-refractivity contribution in [2.24, 2.45) is 0 Å². The fraction of sp³-hybridized carbons (Fsp3) is 0.261. The summed E-state index contributed by atoms with van der Waals surface area (Å²) in [5.41, 5.74) is 4.18. The molecule has 2 aromatic carbocycles. The normalized spacial score (nSPS) is 10.6. The number of esters is 1. The van der Waals surface area contributed by atoms with E-state index in [0.717, 1.165) is 29.1 Å². The summed E-state index contributed by atoms with van der Waals surface area (Å²) in [6, 6.07) is 15.0. The minimum atomic E-state index is -0.355. The second kappa shape index (κ2) is 9.98. The number of anilines is 1. The summed E-state index contributed by atoms with van der Waals surface area (Å²) in [6.45, 7) is 4.47. The minimum absolute atomic E-state index is 0.149. The van der Waals surface area contributed by atoms with Gasteiger partial charge < -0.3 is 10.1 Å². The Morgan fingerprint density at radius 3 is 2.41 bits per heavy atom. The van der Waals surface area contributed by atoms with Crippen LogP contribution in [0.2, 0.25) is 0 Å². The summed E-state index contributed by atoms with van der Waals surface area (Å²) < 4.78 is 5.10. The van der Waals surface area contributed by atoms with E-state index in [2.05, 4.69) is 41.5 Å². The molecule has 1 N–H and O–H groups in total. The van der Waals surface area contributed by atoms with Gasteiger partial charge in [-0.05, 0) is 42.7 Å². The molecule has 5 nitrogen and oxygen atoms in total. The predicted molar refractivity (Wildman–Crippen MR) is 116 cm³/mol. The van der Waals surface area contributed by atoms with Crippen molar-refractivity contribution in [1.29, 1.82) is 0 Å². The molecule has 29 heavy (non-hydrogen) atoms. The zero-order chi connectivity index (χ0) is 20.6. The van der Waals surface area contributed by atoms with E-state index in [0.29, 0.717) is 17.9 Å². The lowest BCUT2D eigenvalue weighted by Gasteiger charge is -2.06. The molecule has 0 atom stereocenters. The summed E-state index contributed by atoms with van der Waals surface area (Å²) >= 11 is 1.53. The van der Waals surface area contributed by atoms with Gasteiger partial charge in [0.15, 0.2) is 0 Å². The van der Waals surface area contributed by atoms with Gasteiger partial charge in [-0.15, -0.1) is 11.3 Å². The molecule has 0 spiro atoms. The van der Waals surface area contributed by atoms with E-state index in [9.17, 15) is 9.59 Å². The average molecular weight is 409 g/mol. The van der Waals surface area contributed by atoms with E-state index in [4.69, 9.17) is 4.74 Å². The Labute approximate surface area is 174 Å². The van der Waals surface area contributed by atoms with Crippen LogP contribution in [-0.4, -0.2) is 23.5 Å². The number of thiazole rings is 1. The number of nitrogens with one attached hydrogen (secondary N) is 1. The van der Waals surface area contributed by atoms with Crippen LogP contribution < -0.4 is 5.32 Å². The molecule has 0 radical (unpaired) electrons. The first-order valence-electron chi connectivity index (χ1n) is 9.69. The largest absolute Gasteiger partial charge is 0.462 e. The molecular weight excluding hydrogens is 384 g/mol. The summed E-state index contributed by atoms with van der Waals surface area (Å²) in [6.07, 6.45) is 1.98. The molecule has 0 aliphatic carbocycles. The lowest BCUT2D eigenvalue weighted by atomic mass is 10.1. The van der Waals surface area contributed by atoms with Crippen molar-refractivity contribution < 1.29 is 14.3 Å². The van der Waals surface area contributed by atoms with Gasteiger partial charge >= 0.3 is 5.97 Å². The summed E-state index contributed by atoms with van der Waals surface area (Å²) in [7, 11) is 0. The quantitative estimate of drug-likeness (QED) is 0.525. The standard InChI is InChI=1S/C23H24N2O3S/c1-3-13-28-23(27)18-9-11-19(12-10-18)24-21(26)14-20-15-29-22(25-20)17-7-5-16(4-2)6-8-17/h5-12,15H,3-4,13-14H2,1-2H3,(H,24,26). The first kappa shape index (κ1) is 20.7. The first-order valence-corrected chi connectivity index (χ1v) is 10.6. The lowest BCUT2D eigenvalue weighted by Crippen LogP contribution is -2.14. The molecule has 0 saturated heterocycles. The van der Waals surface area contributed by atoms with Crippen molar-refractivity contribution in [2.45, 2.75) is 33.1 Å². The van der Waals surface area contributed by atoms with Crippen LogP contribution in [0.15, 0.2) is 53.9 Å². The van der Waals surface area contributed by atoms with Crippen LogP contribution in [0.3, 0.4) is 0 Å². The number of ether oxygens (including phenoxy) is 1. The predicted octanol–water partition coefficient (Wildman–Crippen LogP) is 5.12. The number of amides is 1. The molecule has 0 bridgehead atoms. The van der Waals surface area contributed by atoms with Gasteiger partial charge in [-0.3, -0.25) is 4.79 Å². The van der Waals surface area contributed by atoms with Crippen molar-refractivity contribution in [3.8, 4) is 10.6 Å². The van der Waals surface area contributed by atoms with E-state index in [-0.39, 0.29) is 18.3 Å². The average Bonchev–Trinajstić information content (AvgIpc) is 3.20. The molecule has 0 aliphatic rings. The number of benzene rings is 2. The van der Waals surface area contributed by atoms with Crippen molar-refractivity contribution in [2.75, 3.05) is 11.9 Å². The number of carbonyl (C=O) groups is 2. The van der Waals surface area contributed by atoms with E-state index >= 15 is 0 Å². The highest BCUT2D eigenvalue weighted by Gasteiger charge is 2.11. The van der Waals surface area contributed by atoms with Crippen LogP contribution in [0, 0.1) is 0 Å². The van der Waals surface area contributed by atoms with Crippen molar-refractivity contribution >= 4 is 28.9 Å². The summed E-state index contributed by atoms with van der Waals surface area (Å²) in [5, 5.41) is 5.66. The molecule has 6 heteroatoms. The molecule has 1 amide bonds. The number of nitrogens with zero attached hydrogens (tertiary/aromatic N) is 1. The fourth-order valence-electron chi connectivity index (χ4n) is 2.74. The second-order valence-corrected chi connectivity index (χ2v) is 7.49. The molecule has 3 rings (SSSR count). The fourth-order valence-corrected chi connectivity index (χ4v) is 3.57. The van der Waals surface area contributed by atoms with Gasteiger partial charge in [0.05, 0.1) is 24.3 Å². The van der Waals surface area contributed by atoms with Crippen LogP contribution in [-0.2, 0) is 22.4 Å². The van der Waals surface area contributed by atoms with Gasteiger partial charge in [-0.2, -0.15) is 0 Å². The van der Waals surface area contributed by atoms with Crippen LogP contribution in [0.5, 0.6) is 0 Å². The molecule has 0 aliphatic heterocycles. The number of hydrogen-bond donors (Lipinski definition) is 1. The smallest absolute Gasteiger partial charge is 0.338 e. The van der Waals surface area contributed by atoms with Crippen LogP contribution in [0.1, 0.15) is 41.9 Å². The Morgan fingerprint density at radius 1 is 1.03 bits per heavy atom. The highest BCUT2D eigenvalue weighted by molar-refractivity contribution is 7.13. The third kappa shape index (κ3) is 5.74. The molecule has 0 fully saturated rings. The molecule has 0 unspecified atom stereocenters. The number of carbonyl (C=O) groups excluding carboxylic acids is 2. The Balaban J connectivity index is 1.56. The van der Waals surface area contributed by atoms with Gasteiger partial charge in [-0.1, -0.05) is 38.1 Å². The maximum atomic E-state index is 12.3. The molecule has 1 heterocycles. The second-order valence-electron chi connectivity index (χ2n) is 6.63. The molecule has 150 valence electrons. The van der Waals surface area contributed by atoms with Crippen molar-refractivity contribution in [3.05, 3.63) is 70.7 Å². The van der Waals surface area contributed by atoms with Gasteiger partial charge in [0, 0.05) is 16.6 Å². The third-order valence-electron chi connectivity index (χ3n) is 4.34. The number of aromatic nitrogens is 1. The molecule has 0 saturated carbocycles. The monoisotopic (exact) mass is 408 g/mol. The molecular formula is C23H24N2O3S. The SMILES string of the molecule is CCCOC(=O)c1ccc(NC(=O)Cc2csc(-c3ccc(CC)cc3)n2)cc1. The Kier molecular flexibility index (Phi) is 7.14. The Bertz CT molecular complexity index is 963. The maximum Gasteiger partial charge on any atom is 0.338 e. The summed E-state index contributed by atoms with van der Waals surface area (Å²) in [4.78, 5) is 28.7. The van der Waals surface area contributed by atoms with Crippen LogP contribution in [0.25, 0.3) is 10.6 Å². The zero-order valence-electron chi connectivity index (χ0n) is 16.6. The van der Waals surface area contributed by atoms with Gasteiger partial charge in [0.25, 0.3) is 0 Å². The van der Waals surface area contributed by atoms with Gasteiger partial charge in [-0.25, -0.2) is 9.78 Å². The van der Waals surface area contributed by atoms with Crippen LogP contribution >= 0.6 is 11.3 Å². The lowest BCUT2D eigenvalue weighted by molar-refractivity contribution is -0.115. The van der Waals surface area contributed by atoms with Crippen molar-refractivity contribution in [1.82, 2.24) is 4.98 Å². The summed E-state index contributed by atoms with van der Waals surface area (Å²) in [5.74, 6) is -0.504. The highest BCUT2D eigenvalue weighted by atomic mass is 32.1. The maximum absolute atomic E-state index is 12.3. The van der Waals surface area contributed by atoms with E-state index in [1.54, 1.807) is 24.3 Å². The van der Waals surface area contributed by atoms with Crippen LogP contribution in [0.4, 0.5) is 5.69 Å². The van der Waals surface area contributed by atoms with E-state index in [1.165, 1.54) is 16.9 Å². The number of hydrogen-bond acceptors (Lipinski definition) is 5. The van der Waals surface area contributed by atoms with E-state index in [1.807, 2.05) is 12.3 Å². The van der Waals surface area contributed by atoms with Gasteiger partial charge in [0.1, 0.15) is 5.01 Å². The Hall–Kier alpha value is -2.99. The topological polar surface area (TPSA) is 68.3 Å². The molecule has 1 aromatic heterocycles. The highest BCUT2D eigenvalue weighted by Crippen LogP contribution is 2.24. The third-order valence-corrected chi connectivity index (χ3v) is 5.28. The zero-order valence-corrected chi connectivity index (χ0v) is 17.4. The molecule has 3 aromatic rings. The number of aryl methyl sites for hydroxylation is 1. The van der Waals surface area contributed by atoms with Gasteiger partial charge in [0.2, 0.25) is 5.91 Å². The van der Waals surface area contributed by atoms with Crippen molar-refractivity contribution in [3.63, 3.8) is 0 Å². The van der Waals surface area contributed by atoms with E-state index < -0.39 is 0 Å². The Morgan fingerprint density at radius 2 is 1.76 bits per heavy atom. The first-order chi connectivity index (χ1) is 14.1. The number of rotatable bonds is 8. The minimum Gasteiger partial charge on any atom is -0.462 e.